The molecule has 158 valence electrons. The van der Waals surface area contributed by atoms with Gasteiger partial charge in [-0.1, -0.05) is 6.92 Å². The van der Waals surface area contributed by atoms with Crippen LogP contribution in [0.1, 0.15) is 24.5 Å². The summed E-state index contributed by atoms with van der Waals surface area (Å²) in [7, 11) is 0. The van der Waals surface area contributed by atoms with E-state index in [9.17, 15) is 18.0 Å². The molecule has 0 saturated heterocycles. The van der Waals surface area contributed by atoms with E-state index in [4.69, 9.17) is 14.6 Å². The van der Waals surface area contributed by atoms with Crippen LogP contribution in [0.25, 0.3) is 0 Å². The van der Waals surface area contributed by atoms with Crippen molar-refractivity contribution >= 4 is 17.7 Å². The molecule has 0 aliphatic rings. The van der Waals surface area contributed by atoms with Gasteiger partial charge in [-0.25, -0.2) is 4.79 Å². The molecular weight excluding hydrogens is 405 g/mol. The summed E-state index contributed by atoms with van der Waals surface area (Å²) in [5.41, 5.74) is 0.156. The summed E-state index contributed by atoms with van der Waals surface area (Å²) in [5, 5.41) is 8.68. The minimum Gasteiger partial charge on any atom is -0.493 e. The van der Waals surface area contributed by atoms with E-state index in [0.717, 1.165) is 34.8 Å². The number of thioether (sulfide) groups is 1. The number of aliphatic carboxylic acids is 1. The van der Waals surface area contributed by atoms with Crippen LogP contribution in [-0.2, 0) is 11.0 Å². The Labute approximate surface area is 172 Å². The smallest absolute Gasteiger partial charge is 0.416 e. The summed E-state index contributed by atoms with van der Waals surface area (Å²) < 4.78 is 48.7. The van der Waals surface area contributed by atoms with E-state index in [-0.39, 0.29) is 12.5 Å². The van der Waals surface area contributed by atoms with Crippen molar-refractivity contribution in [2.45, 2.75) is 31.3 Å². The summed E-state index contributed by atoms with van der Waals surface area (Å²) in [6, 6.07) is 10.3. The molecule has 0 saturated carbocycles. The summed E-state index contributed by atoms with van der Waals surface area (Å²) in [6.07, 6.45) is -3.49. The van der Waals surface area contributed by atoms with Crippen LogP contribution < -0.4 is 9.47 Å². The highest BCUT2D eigenvalue weighted by molar-refractivity contribution is 7.99. The Morgan fingerprint density at radius 2 is 1.83 bits per heavy atom. The maximum Gasteiger partial charge on any atom is 0.416 e. The molecule has 0 aliphatic carbocycles. The second kappa shape index (κ2) is 10.4. The zero-order chi connectivity index (χ0) is 21.4. The van der Waals surface area contributed by atoms with Crippen molar-refractivity contribution in [3.8, 4) is 11.5 Å². The number of ether oxygens (including phenoxy) is 2. The standard InChI is InChI=1S/C21H23F3O4S/c1-3-15(11-27-17-6-4-16(5-7-17)21(22,23)24)13-29-18-8-9-19(14(2)10-18)28-12-20(25)26/h4-10,15H,3,11-13H2,1-2H3,(H,25,26)/t15-/m1/s1. The summed E-state index contributed by atoms with van der Waals surface area (Å²) >= 11 is 1.64. The van der Waals surface area contributed by atoms with Gasteiger partial charge in [0.25, 0.3) is 0 Å². The Balaban J connectivity index is 1.85. The number of halogens is 3. The fraction of sp³-hybridized carbons (Fsp3) is 0.381. The van der Waals surface area contributed by atoms with Crippen LogP contribution >= 0.6 is 11.8 Å². The first-order chi connectivity index (χ1) is 13.7. The van der Waals surface area contributed by atoms with Crippen molar-refractivity contribution in [2.75, 3.05) is 19.0 Å². The van der Waals surface area contributed by atoms with Crippen molar-refractivity contribution in [3.63, 3.8) is 0 Å². The molecule has 2 rings (SSSR count). The number of carboxylic acid groups (broad SMARTS) is 1. The van der Waals surface area contributed by atoms with Crippen molar-refractivity contribution in [2.24, 2.45) is 5.92 Å². The molecule has 0 aromatic heterocycles. The van der Waals surface area contributed by atoms with Crippen LogP contribution in [0.3, 0.4) is 0 Å². The van der Waals surface area contributed by atoms with Gasteiger partial charge in [0, 0.05) is 16.6 Å². The highest BCUT2D eigenvalue weighted by Gasteiger charge is 2.30. The van der Waals surface area contributed by atoms with Gasteiger partial charge in [0.1, 0.15) is 11.5 Å². The summed E-state index contributed by atoms with van der Waals surface area (Å²) in [4.78, 5) is 11.6. The van der Waals surface area contributed by atoms with Gasteiger partial charge in [0.2, 0.25) is 0 Å². The van der Waals surface area contributed by atoms with Crippen LogP contribution in [0.5, 0.6) is 11.5 Å². The zero-order valence-corrected chi connectivity index (χ0v) is 17.0. The van der Waals surface area contributed by atoms with Crippen LogP contribution in [0.15, 0.2) is 47.4 Å². The number of carboxylic acids is 1. The van der Waals surface area contributed by atoms with E-state index < -0.39 is 17.7 Å². The Hall–Kier alpha value is -2.35. The molecule has 29 heavy (non-hydrogen) atoms. The number of carbonyl (C=O) groups is 1. The maximum absolute atomic E-state index is 12.6. The average Bonchev–Trinajstić information content (AvgIpc) is 2.67. The van der Waals surface area contributed by atoms with Crippen LogP contribution in [0.4, 0.5) is 13.2 Å². The minimum atomic E-state index is -4.35. The van der Waals surface area contributed by atoms with E-state index in [2.05, 4.69) is 0 Å². The lowest BCUT2D eigenvalue weighted by atomic mass is 10.1. The lowest BCUT2D eigenvalue weighted by molar-refractivity contribution is -0.139. The molecule has 1 atom stereocenters. The molecule has 0 bridgehead atoms. The Morgan fingerprint density at radius 1 is 1.14 bits per heavy atom. The predicted octanol–water partition coefficient (Wildman–Crippen LogP) is 5.67. The van der Waals surface area contributed by atoms with E-state index >= 15 is 0 Å². The monoisotopic (exact) mass is 428 g/mol. The summed E-state index contributed by atoms with van der Waals surface area (Å²) in [5.74, 6) is 0.935. The number of rotatable bonds is 10. The molecule has 0 heterocycles. The van der Waals surface area contributed by atoms with Gasteiger partial charge in [0.15, 0.2) is 6.61 Å². The van der Waals surface area contributed by atoms with Gasteiger partial charge < -0.3 is 14.6 Å². The van der Waals surface area contributed by atoms with Gasteiger partial charge in [-0.05, 0) is 61.4 Å². The van der Waals surface area contributed by atoms with Gasteiger partial charge in [0.05, 0.1) is 12.2 Å². The number of aryl methyl sites for hydroxylation is 1. The Kier molecular flexibility index (Phi) is 8.25. The van der Waals surface area contributed by atoms with Gasteiger partial charge in [-0.3, -0.25) is 0 Å². The van der Waals surface area contributed by atoms with Gasteiger partial charge in [-0.2, -0.15) is 13.2 Å². The first-order valence-electron chi connectivity index (χ1n) is 9.07. The third kappa shape index (κ3) is 7.53. The third-order valence-electron chi connectivity index (χ3n) is 4.23. The Morgan fingerprint density at radius 3 is 2.38 bits per heavy atom. The largest absolute Gasteiger partial charge is 0.493 e. The lowest BCUT2D eigenvalue weighted by Gasteiger charge is -2.16. The van der Waals surface area contributed by atoms with Crippen LogP contribution in [-0.4, -0.2) is 30.0 Å². The van der Waals surface area contributed by atoms with Crippen molar-refractivity contribution in [1.29, 1.82) is 0 Å². The molecular formula is C21H23F3O4S. The quantitative estimate of drug-likeness (QED) is 0.494. The van der Waals surface area contributed by atoms with E-state index in [1.54, 1.807) is 17.8 Å². The molecule has 4 nitrogen and oxygen atoms in total. The van der Waals surface area contributed by atoms with Crippen molar-refractivity contribution in [3.05, 3.63) is 53.6 Å². The van der Waals surface area contributed by atoms with E-state index in [0.29, 0.717) is 18.1 Å². The fourth-order valence-electron chi connectivity index (χ4n) is 2.47. The second-order valence-electron chi connectivity index (χ2n) is 6.53. The molecule has 0 aliphatic heterocycles. The van der Waals surface area contributed by atoms with E-state index in [1.807, 2.05) is 26.0 Å². The van der Waals surface area contributed by atoms with Crippen molar-refractivity contribution < 1.29 is 32.5 Å². The second-order valence-corrected chi connectivity index (χ2v) is 7.62. The molecule has 0 unspecified atom stereocenters. The molecule has 0 amide bonds. The zero-order valence-electron chi connectivity index (χ0n) is 16.2. The molecule has 0 spiro atoms. The summed E-state index contributed by atoms with van der Waals surface area (Å²) in [6.45, 7) is 3.92. The normalized spacial score (nSPS) is 12.4. The minimum absolute atomic E-state index is 0.227. The predicted molar refractivity (Wildman–Crippen MR) is 106 cm³/mol. The van der Waals surface area contributed by atoms with Crippen LogP contribution in [0, 0.1) is 12.8 Å². The molecule has 2 aromatic rings. The SMILES string of the molecule is CC[C@H](COc1ccc(C(F)(F)F)cc1)CSc1ccc(OCC(=O)O)c(C)c1. The topological polar surface area (TPSA) is 55.8 Å². The van der Waals surface area contributed by atoms with Crippen molar-refractivity contribution in [1.82, 2.24) is 0 Å². The number of alkyl halides is 3. The first kappa shape index (κ1) is 22.9. The van der Waals surface area contributed by atoms with E-state index in [1.165, 1.54) is 12.1 Å². The van der Waals surface area contributed by atoms with Gasteiger partial charge in [-0.15, -0.1) is 11.8 Å². The number of hydrogen-bond donors (Lipinski definition) is 1. The highest BCUT2D eigenvalue weighted by atomic mass is 32.2. The number of benzene rings is 2. The molecule has 2 aromatic carbocycles. The number of hydrogen-bond acceptors (Lipinski definition) is 4. The molecule has 8 heteroatoms. The maximum atomic E-state index is 12.6. The lowest BCUT2D eigenvalue weighted by Crippen LogP contribution is -2.14. The van der Waals surface area contributed by atoms with Gasteiger partial charge >= 0.3 is 12.1 Å². The first-order valence-corrected chi connectivity index (χ1v) is 10.1. The molecule has 0 radical (unpaired) electrons. The molecule has 0 fully saturated rings. The third-order valence-corrected chi connectivity index (χ3v) is 5.45. The highest BCUT2D eigenvalue weighted by Crippen LogP contribution is 2.31. The fourth-order valence-corrected chi connectivity index (χ4v) is 3.65. The molecule has 1 N–H and O–H groups in total. The Bertz CT molecular complexity index is 807. The average molecular weight is 428 g/mol. The van der Waals surface area contributed by atoms with Crippen LogP contribution in [0.2, 0.25) is 0 Å².